The molecule has 15 heteroatoms. The van der Waals surface area contributed by atoms with Gasteiger partial charge >= 0.3 is 6.18 Å². The van der Waals surface area contributed by atoms with Crippen LogP contribution in [0.4, 0.5) is 18.9 Å². The number of methoxy groups -OCH3 is 2. The average molecular weight is 651 g/mol. The molecule has 0 unspecified atom stereocenters. The van der Waals surface area contributed by atoms with Gasteiger partial charge in [-0.25, -0.2) is 17.9 Å². The molecule has 0 atom stereocenters. The molecular weight excluding hydrogens is 632 g/mol. The summed E-state index contributed by atoms with van der Waals surface area (Å²) in [4.78, 5) is 17.2. The van der Waals surface area contributed by atoms with Crippen LogP contribution < -0.4 is 14.8 Å². The van der Waals surface area contributed by atoms with Crippen molar-refractivity contribution < 1.29 is 35.9 Å². The summed E-state index contributed by atoms with van der Waals surface area (Å²) >= 11 is 12.3. The number of amides is 1. The molecule has 0 radical (unpaired) electrons. The maximum Gasteiger partial charge on any atom is 0.433 e. The minimum absolute atomic E-state index is 0.0499. The van der Waals surface area contributed by atoms with Crippen LogP contribution in [0.15, 0.2) is 82.6 Å². The lowest BCUT2D eigenvalue weighted by Crippen LogP contribution is -2.16. The molecule has 43 heavy (non-hydrogen) atoms. The minimum Gasteiger partial charge on any atom is -0.497 e. The summed E-state index contributed by atoms with van der Waals surface area (Å²) in [6.45, 7) is 0. The summed E-state index contributed by atoms with van der Waals surface area (Å²) in [6, 6.07) is 16.2. The number of sulfone groups is 1. The fourth-order valence-corrected chi connectivity index (χ4v) is 5.82. The van der Waals surface area contributed by atoms with Crippen molar-refractivity contribution in [2.45, 2.75) is 16.0 Å². The zero-order valence-corrected chi connectivity index (χ0v) is 24.4. The number of alkyl halides is 3. The Morgan fingerprint density at radius 1 is 0.907 bits per heavy atom. The number of nitrogens with zero attached hydrogens (tertiary/aromatic N) is 3. The first kappa shape index (κ1) is 30.1. The number of nitrogens with one attached hydrogen (secondary N) is 1. The van der Waals surface area contributed by atoms with Crippen LogP contribution in [0.25, 0.3) is 16.9 Å². The number of anilines is 1. The van der Waals surface area contributed by atoms with Gasteiger partial charge in [0, 0.05) is 22.3 Å². The highest BCUT2D eigenvalue weighted by molar-refractivity contribution is 7.91. The zero-order chi connectivity index (χ0) is 31.1. The van der Waals surface area contributed by atoms with Gasteiger partial charge < -0.3 is 14.8 Å². The van der Waals surface area contributed by atoms with Crippen LogP contribution in [0.5, 0.6) is 11.5 Å². The number of hydrogen-bond acceptors (Lipinski definition) is 7. The molecule has 1 N–H and O–H groups in total. The van der Waals surface area contributed by atoms with E-state index in [1.807, 2.05) is 0 Å². The van der Waals surface area contributed by atoms with Crippen LogP contribution in [0.1, 0.15) is 16.2 Å². The normalized spacial score (nSPS) is 11.9. The third kappa shape index (κ3) is 5.96. The number of aromatic nitrogens is 3. The smallest absolute Gasteiger partial charge is 0.433 e. The second kappa shape index (κ2) is 11.4. The highest BCUT2D eigenvalue weighted by Crippen LogP contribution is 2.36. The van der Waals surface area contributed by atoms with Crippen molar-refractivity contribution in [1.82, 2.24) is 14.6 Å². The topological polar surface area (TPSA) is 112 Å². The molecule has 0 aliphatic heterocycles. The van der Waals surface area contributed by atoms with E-state index in [1.54, 1.807) is 12.1 Å². The first-order chi connectivity index (χ1) is 20.3. The molecule has 0 aliphatic rings. The molecule has 9 nitrogen and oxygen atoms in total. The number of hydrogen-bond donors (Lipinski definition) is 1. The van der Waals surface area contributed by atoms with Gasteiger partial charge in [-0.3, -0.25) is 4.79 Å². The van der Waals surface area contributed by atoms with Gasteiger partial charge in [-0.2, -0.15) is 18.3 Å². The monoisotopic (exact) mass is 650 g/mol. The van der Waals surface area contributed by atoms with Crippen molar-refractivity contribution in [1.29, 1.82) is 0 Å². The standard InChI is InChI=1S/C28H19Cl2F3N4O5S/c1-41-18-5-3-4-15(10-18)22-14-23(28(31,32)33)37-26(35-22)24(30)25(36-37)27(38)34-17-11-19(42-2)13-21(12-17)43(39,40)20-8-6-16(29)7-9-20/h3-14H,1-2H3,(H,34,38). The lowest BCUT2D eigenvalue weighted by molar-refractivity contribution is -0.142. The number of fused-ring (bicyclic) bond motifs is 1. The van der Waals surface area contributed by atoms with Crippen molar-refractivity contribution in [3.8, 4) is 22.8 Å². The van der Waals surface area contributed by atoms with Gasteiger partial charge in [0.05, 0.1) is 29.7 Å². The number of benzene rings is 3. The van der Waals surface area contributed by atoms with E-state index >= 15 is 0 Å². The van der Waals surface area contributed by atoms with Gasteiger partial charge in [0.2, 0.25) is 9.84 Å². The van der Waals surface area contributed by atoms with Gasteiger partial charge in [-0.15, -0.1) is 0 Å². The minimum atomic E-state index is -4.89. The van der Waals surface area contributed by atoms with Crippen LogP contribution >= 0.6 is 23.2 Å². The van der Waals surface area contributed by atoms with E-state index in [0.29, 0.717) is 20.9 Å². The second-order valence-corrected chi connectivity index (χ2v) is 11.7. The molecule has 5 aromatic rings. The van der Waals surface area contributed by atoms with Gasteiger partial charge in [-0.1, -0.05) is 35.3 Å². The fourth-order valence-electron chi connectivity index (χ4n) is 4.13. The van der Waals surface area contributed by atoms with Gasteiger partial charge in [0.15, 0.2) is 17.0 Å². The van der Waals surface area contributed by atoms with E-state index < -0.39 is 44.0 Å². The molecule has 1 amide bonds. The highest BCUT2D eigenvalue weighted by atomic mass is 35.5. The summed E-state index contributed by atoms with van der Waals surface area (Å²) in [5.74, 6) is -0.548. The Morgan fingerprint density at radius 2 is 1.60 bits per heavy atom. The molecule has 0 bridgehead atoms. The molecule has 2 aromatic heterocycles. The van der Waals surface area contributed by atoms with Crippen LogP contribution in [0.3, 0.4) is 0 Å². The molecular formula is C28H19Cl2F3N4O5S. The fraction of sp³-hybridized carbons (Fsp3) is 0.107. The van der Waals surface area contributed by atoms with Crippen LogP contribution in [-0.2, 0) is 16.0 Å². The number of halogens is 5. The van der Waals surface area contributed by atoms with Crippen LogP contribution in [0, 0.1) is 0 Å². The van der Waals surface area contributed by atoms with Crippen molar-refractivity contribution in [2.75, 3.05) is 19.5 Å². The molecule has 3 aromatic carbocycles. The highest BCUT2D eigenvalue weighted by Gasteiger charge is 2.37. The van der Waals surface area contributed by atoms with E-state index in [1.165, 1.54) is 62.8 Å². The summed E-state index contributed by atoms with van der Waals surface area (Å²) in [6.07, 6.45) is -4.89. The van der Waals surface area contributed by atoms with Crippen molar-refractivity contribution >= 4 is 50.3 Å². The third-order valence-corrected chi connectivity index (χ3v) is 8.56. The van der Waals surface area contributed by atoms with Crippen molar-refractivity contribution in [3.63, 3.8) is 0 Å². The van der Waals surface area contributed by atoms with Crippen LogP contribution in [0.2, 0.25) is 10.0 Å². The Labute approximate surface area is 252 Å². The molecule has 222 valence electrons. The lowest BCUT2D eigenvalue weighted by atomic mass is 10.1. The third-order valence-electron chi connectivity index (χ3n) is 6.21. The van der Waals surface area contributed by atoms with Crippen molar-refractivity contribution in [2.24, 2.45) is 0 Å². The quantitative estimate of drug-likeness (QED) is 0.206. The Morgan fingerprint density at radius 3 is 2.26 bits per heavy atom. The van der Waals surface area contributed by atoms with Crippen LogP contribution in [-0.4, -0.2) is 43.1 Å². The van der Waals surface area contributed by atoms with E-state index in [2.05, 4.69) is 15.4 Å². The Balaban J connectivity index is 1.57. The van der Waals surface area contributed by atoms with Gasteiger partial charge in [-0.05, 0) is 54.6 Å². The lowest BCUT2D eigenvalue weighted by Gasteiger charge is -2.11. The summed E-state index contributed by atoms with van der Waals surface area (Å²) in [5.41, 5.74) is -2.05. The number of carbonyl (C=O) groups is 1. The Kier molecular flexibility index (Phi) is 7.99. The van der Waals surface area contributed by atoms with E-state index in [0.717, 1.165) is 12.1 Å². The molecule has 0 saturated carbocycles. The largest absolute Gasteiger partial charge is 0.497 e. The second-order valence-electron chi connectivity index (χ2n) is 8.96. The summed E-state index contributed by atoms with van der Waals surface area (Å²) in [5, 5.41) is 6.13. The molecule has 0 saturated heterocycles. The molecule has 5 rings (SSSR count). The predicted molar refractivity (Wildman–Crippen MR) is 153 cm³/mol. The maximum atomic E-state index is 14.1. The Bertz CT molecular complexity index is 1980. The van der Waals surface area contributed by atoms with Gasteiger partial charge in [0.25, 0.3) is 5.91 Å². The first-order valence-electron chi connectivity index (χ1n) is 12.1. The van der Waals surface area contributed by atoms with Crippen molar-refractivity contribution in [3.05, 3.63) is 94.2 Å². The van der Waals surface area contributed by atoms with E-state index in [-0.39, 0.29) is 26.9 Å². The summed E-state index contributed by atoms with van der Waals surface area (Å²) < 4.78 is 79.6. The number of rotatable bonds is 7. The average Bonchev–Trinajstić information content (AvgIpc) is 3.32. The summed E-state index contributed by atoms with van der Waals surface area (Å²) in [7, 11) is -1.37. The van der Waals surface area contributed by atoms with E-state index in [4.69, 9.17) is 32.7 Å². The molecule has 2 heterocycles. The molecule has 0 fully saturated rings. The predicted octanol–water partition coefficient (Wildman–Crippen LogP) is 6.82. The van der Waals surface area contributed by atoms with Gasteiger partial charge in [0.1, 0.15) is 16.5 Å². The van der Waals surface area contributed by atoms with E-state index in [9.17, 15) is 26.4 Å². The molecule has 0 spiro atoms. The maximum absolute atomic E-state index is 14.1. The first-order valence-corrected chi connectivity index (χ1v) is 14.4. The molecule has 0 aliphatic carbocycles. The number of ether oxygens (including phenoxy) is 2. The SMILES string of the molecule is COc1cccc(-c2cc(C(F)(F)F)n3nc(C(=O)Nc4cc(OC)cc(S(=O)(=O)c5ccc(Cl)cc5)c4)c(Cl)c3n2)c1. The Hall–Kier alpha value is -4.33. The zero-order valence-electron chi connectivity index (χ0n) is 22.1. The number of carbonyl (C=O) groups excluding carboxylic acids is 1.